The molecule has 0 unspecified atom stereocenters. The summed E-state index contributed by atoms with van der Waals surface area (Å²) in [7, 11) is 0. The highest BCUT2D eigenvalue weighted by atomic mass is 19.4. The van der Waals surface area contributed by atoms with Crippen molar-refractivity contribution in [3.8, 4) is 0 Å². The molecule has 0 aromatic carbocycles. The molecule has 3 heterocycles. The van der Waals surface area contributed by atoms with Gasteiger partial charge in [0.05, 0.1) is 12.5 Å². The number of alkyl halides is 3. The number of aromatic nitrogens is 2. The summed E-state index contributed by atoms with van der Waals surface area (Å²) in [5.41, 5.74) is 5.40. The van der Waals surface area contributed by atoms with E-state index in [0.717, 1.165) is 87.1 Å². The molecule has 0 saturated heterocycles. The van der Waals surface area contributed by atoms with E-state index < -0.39 is 24.2 Å². The Morgan fingerprint density at radius 3 is 2.46 bits per heavy atom. The number of carbonyl (C=O) groups excluding carboxylic acids is 1. The fraction of sp³-hybridized carbons (Fsp3) is 0.519. The van der Waals surface area contributed by atoms with Crippen molar-refractivity contribution in [1.29, 1.82) is 0 Å². The Morgan fingerprint density at radius 2 is 1.74 bits per heavy atom. The van der Waals surface area contributed by atoms with Gasteiger partial charge in [0.25, 0.3) is 0 Å². The molecule has 4 N–H and O–H groups in total. The molecule has 2 aromatic rings. The van der Waals surface area contributed by atoms with Crippen LogP contribution in [0.3, 0.4) is 0 Å². The third-order valence-electron chi connectivity index (χ3n) is 6.59. The zero-order valence-corrected chi connectivity index (χ0v) is 21.5. The SMILES string of the molecule is O=C(O)C(F)(F)F.O=C(O)C[C@H](NC(=O)CCCCc1ccc2c(n1)NCCC2)c1cnc2c(c1)CCCC2. The number of aryl methyl sites for hydroxylation is 4. The van der Waals surface area contributed by atoms with Gasteiger partial charge in [0.2, 0.25) is 5.91 Å². The van der Waals surface area contributed by atoms with E-state index in [9.17, 15) is 27.9 Å². The maximum Gasteiger partial charge on any atom is 0.490 e. The van der Waals surface area contributed by atoms with Gasteiger partial charge in [0.1, 0.15) is 5.82 Å². The van der Waals surface area contributed by atoms with Crippen molar-refractivity contribution in [2.45, 2.75) is 82.8 Å². The van der Waals surface area contributed by atoms with Crippen LogP contribution in [0, 0.1) is 0 Å². The Labute approximate surface area is 224 Å². The van der Waals surface area contributed by atoms with E-state index in [4.69, 9.17) is 14.9 Å². The molecule has 39 heavy (non-hydrogen) atoms. The van der Waals surface area contributed by atoms with Gasteiger partial charge in [-0.15, -0.1) is 0 Å². The summed E-state index contributed by atoms with van der Waals surface area (Å²) < 4.78 is 31.7. The first-order valence-electron chi connectivity index (χ1n) is 13.0. The monoisotopic (exact) mass is 550 g/mol. The van der Waals surface area contributed by atoms with Gasteiger partial charge in [-0.2, -0.15) is 13.2 Å². The minimum Gasteiger partial charge on any atom is -0.481 e. The van der Waals surface area contributed by atoms with E-state index in [0.29, 0.717) is 6.42 Å². The molecule has 2 aliphatic rings. The van der Waals surface area contributed by atoms with Crippen molar-refractivity contribution in [2.75, 3.05) is 11.9 Å². The van der Waals surface area contributed by atoms with E-state index in [1.807, 2.05) is 6.07 Å². The number of rotatable bonds is 9. The summed E-state index contributed by atoms with van der Waals surface area (Å²) in [6, 6.07) is 5.72. The van der Waals surface area contributed by atoms with Crippen LogP contribution in [-0.4, -0.2) is 50.7 Å². The number of anilines is 1. The van der Waals surface area contributed by atoms with Crippen LogP contribution < -0.4 is 10.6 Å². The lowest BCUT2D eigenvalue weighted by molar-refractivity contribution is -0.192. The van der Waals surface area contributed by atoms with Crippen LogP contribution in [0.15, 0.2) is 24.4 Å². The highest BCUT2D eigenvalue weighted by molar-refractivity contribution is 5.77. The Balaban J connectivity index is 0.000000532. The number of pyridine rings is 2. The van der Waals surface area contributed by atoms with Gasteiger partial charge in [-0.05, 0) is 80.5 Å². The number of hydrogen-bond donors (Lipinski definition) is 4. The molecule has 212 valence electrons. The van der Waals surface area contributed by atoms with E-state index in [1.165, 1.54) is 11.1 Å². The molecular formula is C27H33F3N4O5. The maximum atomic E-state index is 12.5. The first kappa shape index (κ1) is 29.9. The molecule has 0 fully saturated rings. The minimum atomic E-state index is -5.08. The number of fused-ring (bicyclic) bond motifs is 2. The van der Waals surface area contributed by atoms with Crippen molar-refractivity contribution in [2.24, 2.45) is 0 Å². The Kier molecular flexibility index (Phi) is 10.6. The zero-order valence-electron chi connectivity index (χ0n) is 21.5. The number of nitrogens with one attached hydrogen (secondary N) is 2. The molecule has 12 heteroatoms. The number of hydrogen-bond acceptors (Lipinski definition) is 6. The van der Waals surface area contributed by atoms with Gasteiger partial charge in [-0.1, -0.05) is 12.1 Å². The fourth-order valence-electron chi connectivity index (χ4n) is 4.59. The molecule has 1 aliphatic carbocycles. The predicted molar refractivity (Wildman–Crippen MR) is 136 cm³/mol. The van der Waals surface area contributed by atoms with Gasteiger partial charge in [0, 0.05) is 30.6 Å². The van der Waals surface area contributed by atoms with Gasteiger partial charge in [0.15, 0.2) is 0 Å². The van der Waals surface area contributed by atoms with Crippen LogP contribution in [-0.2, 0) is 40.1 Å². The summed E-state index contributed by atoms with van der Waals surface area (Å²) >= 11 is 0. The Morgan fingerprint density at radius 1 is 1.03 bits per heavy atom. The second kappa shape index (κ2) is 13.9. The molecule has 0 bridgehead atoms. The van der Waals surface area contributed by atoms with Gasteiger partial charge >= 0.3 is 18.1 Å². The third kappa shape index (κ3) is 9.52. The third-order valence-corrected chi connectivity index (χ3v) is 6.59. The number of carboxylic acids is 2. The average Bonchev–Trinajstić information content (AvgIpc) is 2.90. The molecule has 1 aliphatic heterocycles. The number of carboxylic acid groups (broad SMARTS) is 2. The summed E-state index contributed by atoms with van der Waals surface area (Å²) in [4.78, 5) is 42.1. The summed E-state index contributed by atoms with van der Waals surface area (Å²) in [5, 5.41) is 22.7. The van der Waals surface area contributed by atoms with E-state index in [-0.39, 0.29) is 12.3 Å². The number of aliphatic carboxylic acids is 2. The lowest BCUT2D eigenvalue weighted by atomic mass is 9.93. The highest BCUT2D eigenvalue weighted by Gasteiger charge is 2.38. The van der Waals surface area contributed by atoms with Crippen LogP contribution in [0.4, 0.5) is 19.0 Å². The van der Waals surface area contributed by atoms with Crippen molar-refractivity contribution >= 4 is 23.7 Å². The molecule has 2 aromatic heterocycles. The zero-order chi connectivity index (χ0) is 28.4. The first-order valence-corrected chi connectivity index (χ1v) is 13.0. The van der Waals surface area contributed by atoms with Crippen LogP contribution >= 0.6 is 0 Å². The van der Waals surface area contributed by atoms with Crippen LogP contribution in [0.2, 0.25) is 0 Å². The van der Waals surface area contributed by atoms with Crippen LogP contribution in [0.1, 0.15) is 79.1 Å². The van der Waals surface area contributed by atoms with Crippen LogP contribution in [0.5, 0.6) is 0 Å². The number of carbonyl (C=O) groups is 3. The minimum absolute atomic E-state index is 0.117. The maximum absolute atomic E-state index is 12.5. The van der Waals surface area contributed by atoms with E-state index in [2.05, 4.69) is 27.8 Å². The normalized spacial score (nSPS) is 14.9. The smallest absolute Gasteiger partial charge is 0.481 e. The number of unbranched alkanes of at least 4 members (excludes halogenated alkanes) is 1. The highest BCUT2D eigenvalue weighted by Crippen LogP contribution is 2.25. The van der Waals surface area contributed by atoms with E-state index in [1.54, 1.807) is 6.20 Å². The first-order chi connectivity index (χ1) is 18.5. The second-order valence-electron chi connectivity index (χ2n) is 9.65. The molecule has 4 rings (SSSR count). The molecule has 1 amide bonds. The molecule has 0 spiro atoms. The van der Waals surface area contributed by atoms with Crippen molar-refractivity contribution < 1.29 is 37.8 Å². The largest absolute Gasteiger partial charge is 0.490 e. The number of nitrogens with zero attached hydrogens (tertiary/aromatic N) is 2. The van der Waals surface area contributed by atoms with Gasteiger partial charge in [-0.25, -0.2) is 9.78 Å². The molecule has 0 radical (unpaired) electrons. The van der Waals surface area contributed by atoms with Crippen LogP contribution in [0.25, 0.3) is 0 Å². The lowest BCUT2D eigenvalue weighted by Crippen LogP contribution is -2.30. The molecular weight excluding hydrogens is 517 g/mol. The van der Waals surface area contributed by atoms with Crippen molar-refractivity contribution in [3.05, 3.63) is 52.5 Å². The Bertz CT molecular complexity index is 1170. The summed E-state index contributed by atoms with van der Waals surface area (Å²) in [6.45, 7) is 0.973. The second-order valence-corrected chi connectivity index (χ2v) is 9.65. The predicted octanol–water partition coefficient (Wildman–Crippen LogP) is 4.39. The van der Waals surface area contributed by atoms with Gasteiger partial charge < -0.3 is 20.8 Å². The van der Waals surface area contributed by atoms with Gasteiger partial charge in [-0.3, -0.25) is 14.6 Å². The average molecular weight is 551 g/mol. The van der Waals surface area contributed by atoms with Crippen molar-refractivity contribution in [1.82, 2.24) is 15.3 Å². The standard InChI is InChI=1S/C25H32N4O3.C2HF3O2/c30-23(10-4-2-8-20-12-11-17-7-5-13-26-25(17)28-20)29-22(15-24(31)32)19-14-18-6-1-3-9-21(18)27-16-19;3-2(4,5)1(6)7/h11-12,14,16,22H,1-10,13,15H2,(H,26,28)(H,29,30)(H,31,32);(H,6,7)/t22-;/m0./s1. The summed E-state index contributed by atoms with van der Waals surface area (Å²) in [6.07, 6.45) is 5.75. The fourth-order valence-corrected chi connectivity index (χ4v) is 4.59. The van der Waals surface area contributed by atoms with E-state index >= 15 is 0 Å². The number of halogens is 3. The molecule has 9 nitrogen and oxygen atoms in total. The lowest BCUT2D eigenvalue weighted by Gasteiger charge is -2.21. The molecule has 0 saturated carbocycles. The van der Waals surface area contributed by atoms with Crippen molar-refractivity contribution in [3.63, 3.8) is 0 Å². The summed E-state index contributed by atoms with van der Waals surface area (Å²) in [5.74, 6) is -2.80. The topological polar surface area (TPSA) is 142 Å². The Hall–Kier alpha value is -3.70. The number of amides is 1. The quantitative estimate of drug-likeness (QED) is 0.337. The molecule has 1 atom stereocenters.